The second-order valence-corrected chi connectivity index (χ2v) is 6.00. The maximum Gasteiger partial charge on any atom is 0.360 e. The van der Waals surface area contributed by atoms with E-state index < -0.39 is 5.97 Å². The van der Waals surface area contributed by atoms with Crippen molar-refractivity contribution in [1.29, 1.82) is 0 Å². The van der Waals surface area contributed by atoms with Gasteiger partial charge in [-0.05, 0) is 19.8 Å². The molecule has 1 aliphatic heterocycles. The summed E-state index contributed by atoms with van der Waals surface area (Å²) in [6, 6.07) is 0.464. The Labute approximate surface area is 143 Å². The minimum atomic E-state index is -0.412. The van der Waals surface area contributed by atoms with Gasteiger partial charge in [0.05, 0.1) is 19.3 Å². The molecule has 1 aliphatic rings. The predicted octanol–water partition coefficient (Wildman–Crippen LogP) is 2.14. The first-order chi connectivity index (χ1) is 11.6. The van der Waals surface area contributed by atoms with Crippen LogP contribution < -0.4 is 10.6 Å². The summed E-state index contributed by atoms with van der Waals surface area (Å²) >= 11 is 0. The molecule has 2 rings (SSSR count). The van der Waals surface area contributed by atoms with Gasteiger partial charge in [0.1, 0.15) is 5.76 Å². The zero-order valence-electron chi connectivity index (χ0n) is 14.9. The predicted molar refractivity (Wildman–Crippen MR) is 91.3 cm³/mol. The van der Waals surface area contributed by atoms with Gasteiger partial charge in [-0.25, -0.2) is 4.79 Å². The molecule has 0 radical (unpaired) electrons. The number of rotatable bonds is 8. The van der Waals surface area contributed by atoms with E-state index in [0.717, 1.165) is 25.8 Å². The van der Waals surface area contributed by atoms with Crippen molar-refractivity contribution in [2.24, 2.45) is 5.73 Å². The maximum absolute atomic E-state index is 12.2. The van der Waals surface area contributed by atoms with Crippen LogP contribution in [0.1, 0.15) is 56.3 Å². The normalized spacial score (nSPS) is 21.1. The van der Waals surface area contributed by atoms with Gasteiger partial charge in [0.2, 0.25) is 0 Å². The lowest BCUT2D eigenvalue weighted by Gasteiger charge is -2.35. The molecule has 1 aromatic heterocycles. The molecule has 1 fully saturated rings. The highest BCUT2D eigenvalue weighted by Gasteiger charge is 2.31. The lowest BCUT2D eigenvalue weighted by atomic mass is 10.0. The number of piperidine rings is 1. The van der Waals surface area contributed by atoms with Gasteiger partial charge in [-0.3, -0.25) is 0 Å². The Morgan fingerprint density at radius 1 is 1.42 bits per heavy atom. The lowest BCUT2D eigenvalue weighted by Crippen LogP contribution is -2.52. The third-order valence-electron chi connectivity index (χ3n) is 4.19. The van der Waals surface area contributed by atoms with Gasteiger partial charge in [-0.15, -0.1) is 0 Å². The van der Waals surface area contributed by atoms with Crippen LogP contribution in [0.15, 0.2) is 4.42 Å². The number of aromatic nitrogens is 1. The number of hydrogen-bond acceptors (Lipinski definition) is 7. The molecule has 2 N–H and O–H groups in total. The summed E-state index contributed by atoms with van der Waals surface area (Å²) in [6.07, 6.45) is 3.15. The fourth-order valence-corrected chi connectivity index (χ4v) is 2.75. The van der Waals surface area contributed by atoms with E-state index in [0.29, 0.717) is 38.0 Å². The van der Waals surface area contributed by atoms with Crippen LogP contribution in [0.2, 0.25) is 0 Å². The number of ether oxygens (including phenoxy) is 2. The van der Waals surface area contributed by atoms with E-state index >= 15 is 0 Å². The number of anilines is 1. The molecule has 1 aromatic rings. The Hall–Kier alpha value is -1.60. The van der Waals surface area contributed by atoms with Gasteiger partial charge in [0, 0.05) is 25.6 Å². The van der Waals surface area contributed by atoms with Crippen molar-refractivity contribution in [2.45, 2.75) is 58.6 Å². The lowest BCUT2D eigenvalue weighted by molar-refractivity contribution is 0.0379. The quantitative estimate of drug-likeness (QED) is 0.573. The molecule has 0 spiro atoms. The van der Waals surface area contributed by atoms with Crippen LogP contribution in [-0.4, -0.2) is 49.4 Å². The molecule has 0 unspecified atom stereocenters. The number of nitrogens with two attached hydrogens (primary N) is 1. The number of carbonyl (C=O) groups is 1. The monoisotopic (exact) mass is 339 g/mol. The number of oxazole rings is 1. The SMILES string of the molecule is CCCCOC(=O)c1nc(N2CC[C@@H](N)[C@@H](OCC)C2)oc1CC. The zero-order chi connectivity index (χ0) is 17.5. The number of hydrogen-bond donors (Lipinski definition) is 1. The molecule has 7 heteroatoms. The zero-order valence-corrected chi connectivity index (χ0v) is 14.9. The number of aryl methyl sites for hydroxylation is 1. The summed E-state index contributed by atoms with van der Waals surface area (Å²) in [5.41, 5.74) is 6.39. The van der Waals surface area contributed by atoms with Crippen LogP contribution in [0.4, 0.5) is 6.01 Å². The Morgan fingerprint density at radius 2 is 2.21 bits per heavy atom. The largest absolute Gasteiger partial charge is 0.461 e. The molecule has 136 valence electrons. The summed E-state index contributed by atoms with van der Waals surface area (Å²) in [6.45, 7) is 8.31. The second kappa shape index (κ2) is 9.03. The number of unbranched alkanes of at least 4 members (excludes halogenated alkanes) is 1. The third-order valence-corrected chi connectivity index (χ3v) is 4.19. The summed E-state index contributed by atoms with van der Waals surface area (Å²) in [4.78, 5) is 18.6. The number of carbonyl (C=O) groups excluding carboxylic acids is 1. The van der Waals surface area contributed by atoms with Crippen molar-refractivity contribution in [3.05, 3.63) is 11.5 Å². The molecule has 2 heterocycles. The first kappa shape index (κ1) is 18.7. The Morgan fingerprint density at radius 3 is 2.88 bits per heavy atom. The van der Waals surface area contributed by atoms with Crippen molar-refractivity contribution in [2.75, 3.05) is 31.2 Å². The van der Waals surface area contributed by atoms with Crippen molar-refractivity contribution in [3.8, 4) is 0 Å². The second-order valence-electron chi connectivity index (χ2n) is 6.00. The highest BCUT2D eigenvalue weighted by Crippen LogP contribution is 2.24. The molecule has 24 heavy (non-hydrogen) atoms. The fourth-order valence-electron chi connectivity index (χ4n) is 2.75. The molecule has 0 bridgehead atoms. The van der Waals surface area contributed by atoms with Gasteiger partial charge in [0.15, 0.2) is 5.69 Å². The highest BCUT2D eigenvalue weighted by molar-refractivity contribution is 5.88. The van der Waals surface area contributed by atoms with Crippen molar-refractivity contribution >= 4 is 12.0 Å². The molecule has 1 saturated heterocycles. The molecule has 0 amide bonds. The van der Waals surface area contributed by atoms with Crippen LogP contribution >= 0.6 is 0 Å². The van der Waals surface area contributed by atoms with Gasteiger partial charge in [-0.2, -0.15) is 4.98 Å². The van der Waals surface area contributed by atoms with E-state index in [1.807, 2.05) is 18.7 Å². The van der Waals surface area contributed by atoms with Crippen LogP contribution in [-0.2, 0) is 15.9 Å². The molecule has 7 nitrogen and oxygen atoms in total. The van der Waals surface area contributed by atoms with Crippen LogP contribution in [0.25, 0.3) is 0 Å². The molecule has 2 atom stereocenters. The fraction of sp³-hybridized carbons (Fsp3) is 0.765. The topological polar surface area (TPSA) is 90.8 Å². The van der Waals surface area contributed by atoms with Gasteiger partial charge >= 0.3 is 5.97 Å². The first-order valence-electron chi connectivity index (χ1n) is 8.89. The molecule has 0 saturated carbocycles. The van der Waals surface area contributed by atoms with Crippen LogP contribution in [0.3, 0.4) is 0 Å². The summed E-state index contributed by atoms with van der Waals surface area (Å²) in [5.74, 6) is 0.152. The smallest absolute Gasteiger partial charge is 0.360 e. The van der Waals surface area contributed by atoms with E-state index in [-0.39, 0.29) is 17.8 Å². The van der Waals surface area contributed by atoms with Gasteiger partial charge in [0.25, 0.3) is 6.01 Å². The Balaban J connectivity index is 2.09. The molecule has 0 aliphatic carbocycles. The van der Waals surface area contributed by atoms with E-state index in [1.54, 1.807) is 0 Å². The van der Waals surface area contributed by atoms with Crippen LogP contribution in [0.5, 0.6) is 0 Å². The van der Waals surface area contributed by atoms with Crippen molar-refractivity contribution in [3.63, 3.8) is 0 Å². The van der Waals surface area contributed by atoms with Gasteiger partial charge in [-0.1, -0.05) is 20.3 Å². The summed E-state index contributed by atoms with van der Waals surface area (Å²) in [5, 5.41) is 0. The van der Waals surface area contributed by atoms with Crippen molar-refractivity contribution in [1.82, 2.24) is 4.98 Å². The molecular weight excluding hydrogens is 310 g/mol. The average molecular weight is 339 g/mol. The Bertz CT molecular complexity index is 532. The minimum absolute atomic E-state index is 0.0142. The van der Waals surface area contributed by atoms with Gasteiger partial charge < -0.3 is 24.5 Å². The van der Waals surface area contributed by atoms with Crippen molar-refractivity contribution < 1.29 is 18.7 Å². The van der Waals surface area contributed by atoms with E-state index in [1.165, 1.54) is 0 Å². The van der Waals surface area contributed by atoms with Crippen LogP contribution in [0, 0.1) is 0 Å². The maximum atomic E-state index is 12.2. The number of esters is 1. The summed E-state index contributed by atoms with van der Waals surface area (Å²) in [7, 11) is 0. The average Bonchev–Trinajstić information content (AvgIpc) is 3.01. The highest BCUT2D eigenvalue weighted by atomic mass is 16.5. The standard InChI is InChI=1S/C17H29N3O4/c1-4-7-10-23-16(21)15-13(5-2)24-17(19-15)20-9-8-12(18)14(11-20)22-6-3/h12,14H,4-11,18H2,1-3H3/t12-,14+/m1/s1. The third kappa shape index (κ3) is 4.48. The molecular formula is C17H29N3O4. The Kier molecular flexibility index (Phi) is 7.05. The van der Waals surface area contributed by atoms with E-state index in [9.17, 15) is 4.79 Å². The minimum Gasteiger partial charge on any atom is -0.461 e. The molecule has 0 aromatic carbocycles. The van der Waals surface area contributed by atoms with E-state index in [2.05, 4.69) is 11.9 Å². The first-order valence-corrected chi connectivity index (χ1v) is 8.89. The number of nitrogens with zero attached hydrogens (tertiary/aromatic N) is 2. The summed E-state index contributed by atoms with van der Waals surface area (Å²) < 4.78 is 16.8. The van der Waals surface area contributed by atoms with E-state index in [4.69, 9.17) is 19.6 Å².